The van der Waals surface area contributed by atoms with Crippen LogP contribution >= 0.6 is 0 Å². The molecule has 0 radical (unpaired) electrons. The van der Waals surface area contributed by atoms with E-state index in [1.807, 2.05) is 59.5 Å². The molecule has 7 nitrogen and oxygen atoms in total. The van der Waals surface area contributed by atoms with E-state index in [0.29, 0.717) is 45.1 Å². The molecule has 0 aromatic heterocycles. The summed E-state index contributed by atoms with van der Waals surface area (Å²) in [7, 11) is 0. The van der Waals surface area contributed by atoms with Crippen molar-refractivity contribution in [3.63, 3.8) is 0 Å². The highest BCUT2D eigenvalue weighted by Crippen LogP contribution is 2.33. The first-order valence-electron chi connectivity index (χ1n) is 9.88. The minimum absolute atomic E-state index is 0.0579. The zero-order valence-electron chi connectivity index (χ0n) is 16.3. The third-order valence-corrected chi connectivity index (χ3v) is 5.13. The van der Waals surface area contributed by atoms with Crippen molar-refractivity contribution in [1.29, 1.82) is 0 Å². The van der Waals surface area contributed by atoms with Crippen LogP contribution in [0.15, 0.2) is 54.6 Å². The van der Waals surface area contributed by atoms with Crippen molar-refractivity contribution in [2.24, 2.45) is 0 Å². The molecule has 1 N–H and O–H groups in total. The van der Waals surface area contributed by atoms with Crippen LogP contribution < -0.4 is 15.0 Å². The van der Waals surface area contributed by atoms with Gasteiger partial charge in [-0.3, -0.25) is 9.59 Å². The Labute approximate surface area is 170 Å². The number of para-hydroxylation sites is 2. The predicted octanol–water partition coefficient (Wildman–Crippen LogP) is 1.43. The molecule has 4 rings (SSSR count). The van der Waals surface area contributed by atoms with Crippen LogP contribution in [0.1, 0.15) is 5.56 Å². The summed E-state index contributed by atoms with van der Waals surface area (Å²) in [6, 6.07) is 17.3. The number of fused-ring (bicyclic) bond motifs is 1. The lowest BCUT2D eigenvalue weighted by molar-refractivity contribution is -0.142. The predicted molar refractivity (Wildman–Crippen MR) is 109 cm³/mol. The summed E-state index contributed by atoms with van der Waals surface area (Å²) in [5.41, 5.74) is 1.87. The molecule has 1 fully saturated rings. The van der Waals surface area contributed by atoms with E-state index in [2.05, 4.69) is 5.32 Å². The monoisotopic (exact) mass is 395 g/mol. The highest BCUT2D eigenvalue weighted by Gasteiger charge is 2.34. The van der Waals surface area contributed by atoms with E-state index in [4.69, 9.17) is 9.47 Å². The number of nitrogens with zero attached hydrogens (tertiary/aromatic N) is 2. The van der Waals surface area contributed by atoms with E-state index in [1.54, 1.807) is 4.90 Å². The largest absolute Gasteiger partial charge is 0.477 e. The van der Waals surface area contributed by atoms with E-state index in [9.17, 15) is 9.59 Å². The fourth-order valence-corrected chi connectivity index (χ4v) is 3.60. The summed E-state index contributed by atoms with van der Waals surface area (Å²) >= 11 is 0. The van der Waals surface area contributed by atoms with E-state index in [0.717, 1.165) is 11.3 Å². The first-order chi connectivity index (χ1) is 14.2. The molecule has 1 unspecified atom stereocenters. The van der Waals surface area contributed by atoms with E-state index in [1.165, 1.54) is 0 Å². The summed E-state index contributed by atoms with van der Waals surface area (Å²) in [5.74, 6) is 0.474. The molecular formula is C22H25N3O4. The van der Waals surface area contributed by atoms with Crippen molar-refractivity contribution in [2.45, 2.75) is 12.6 Å². The second kappa shape index (κ2) is 8.96. The maximum Gasteiger partial charge on any atom is 0.265 e. The Bertz CT molecular complexity index is 852. The van der Waals surface area contributed by atoms with Gasteiger partial charge in [0.25, 0.3) is 5.91 Å². The van der Waals surface area contributed by atoms with Gasteiger partial charge in [0.05, 0.1) is 32.0 Å². The fourth-order valence-electron chi connectivity index (χ4n) is 3.60. The van der Waals surface area contributed by atoms with Crippen molar-refractivity contribution in [3.8, 4) is 5.75 Å². The van der Waals surface area contributed by atoms with Gasteiger partial charge >= 0.3 is 0 Å². The molecule has 2 aromatic rings. The Kier molecular flexibility index (Phi) is 5.95. The molecule has 7 heteroatoms. The number of morpholine rings is 1. The van der Waals surface area contributed by atoms with Gasteiger partial charge in [0.1, 0.15) is 5.75 Å². The maximum absolute atomic E-state index is 12.9. The zero-order valence-corrected chi connectivity index (χ0v) is 16.3. The number of benzene rings is 2. The van der Waals surface area contributed by atoms with Gasteiger partial charge in [0, 0.05) is 19.6 Å². The van der Waals surface area contributed by atoms with Gasteiger partial charge in [0.2, 0.25) is 5.91 Å². The molecule has 2 amide bonds. The lowest BCUT2D eigenvalue weighted by Crippen LogP contribution is -2.54. The number of hydrogen-bond donors (Lipinski definition) is 1. The molecule has 0 aliphatic carbocycles. The van der Waals surface area contributed by atoms with Gasteiger partial charge in [-0.2, -0.15) is 0 Å². The van der Waals surface area contributed by atoms with Gasteiger partial charge in [-0.15, -0.1) is 0 Å². The summed E-state index contributed by atoms with van der Waals surface area (Å²) in [6.45, 7) is 3.20. The number of hydrogen-bond acceptors (Lipinski definition) is 5. The van der Waals surface area contributed by atoms with Crippen LogP contribution in [0.25, 0.3) is 0 Å². The molecule has 2 heterocycles. The van der Waals surface area contributed by atoms with Crippen LogP contribution in [0, 0.1) is 0 Å². The molecule has 0 spiro atoms. The Hall–Kier alpha value is -3.06. The maximum atomic E-state index is 12.9. The summed E-state index contributed by atoms with van der Waals surface area (Å²) in [4.78, 5) is 29.2. The van der Waals surface area contributed by atoms with Crippen LogP contribution in [0.2, 0.25) is 0 Å². The standard InChI is InChI=1S/C22H25N3O4/c26-21(23-14-17-6-2-1-3-7-17)16-25-15-20(22(27)24-10-12-28-13-11-24)29-19-9-5-4-8-18(19)25/h1-9,20H,10-16H2,(H,23,26). The molecule has 29 heavy (non-hydrogen) atoms. The second-order valence-electron chi connectivity index (χ2n) is 7.15. The van der Waals surface area contributed by atoms with E-state index < -0.39 is 6.10 Å². The van der Waals surface area contributed by atoms with Gasteiger partial charge in [-0.05, 0) is 17.7 Å². The fraction of sp³-hybridized carbons (Fsp3) is 0.364. The quantitative estimate of drug-likeness (QED) is 0.829. The molecule has 2 aromatic carbocycles. The average Bonchev–Trinajstić information content (AvgIpc) is 2.78. The van der Waals surface area contributed by atoms with Crippen LogP contribution in [0.3, 0.4) is 0 Å². The Morgan fingerprint density at radius 3 is 2.52 bits per heavy atom. The molecule has 1 atom stereocenters. The lowest BCUT2D eigenvalue weighted by Gasteiger charge is -2.38. The van der Waals surface area contributed by atoms with Crippen LogP contribution in [-0.2, 0) is 20.9 Å². The number of nitrogens with one attached hydrogen (secondary N) is 1. The summed E-state index contributed by atoms with van der Waals surface area (Å²) in [5, 5.41) is 2.95. The number of rotatable bonds is 5. The minimum atomic E-state index is -0.634. The SMILES string of the molecule is O=C(CN1CC(C(=O)N2CCOCC2)Oc2ccccc21)NCc1ccccc1. The minimum Gasteiger partial charge on any atom is -0.477 e. The van der Waals surface area contributed by atoms with Crippen LogP contribution in [0.5, 0.6) is 5.75 Å². The molecule has 1 saturated heterocycles. The van der Waals surface area contributed by atoms with Crippen molar-refractivity contribution >= 4 is 17.5 Å². The number of anilines is 1. The smallest absolute Gasteiger partial charge is 0.265 e. The molecule has 0 saturated carbocycles. The molecule has 152 valence electrons. The normalized spacial score (nSPS) is 18.6. The zero-order chi connectivity index (χ0) is 20.1. The first-order valence-corrected chi connectivity index (χ1v) is 9.88. The summed E-state index contributed by atoms with van der Waals surface area (Å²) in [6.07, 6.45) is -0.634. The molecule has 0 bridgehead atoms. The highest BCUT2D eigenvalue weighted by molar-refractivity contribution is 5.86. The number of carbonyl (C=O) groups is 2. The molecule has 2 aliphatic heterocycles. The first kappa shape index (κ1) is 19.3. The molecule has 2 aliphatic rings. The Balaban J connectivity index is 1.43. The summed E-state index contributed by atoms with van der Waals surface area (Å²) < 4.78 is 11.3. The number of ether oxygens (including phenoxy) is 2. The number of carbonyl (C=O) groups excluding carboxylic acids is 2. The Morgan fingerprint density at radius 2 is 1.72 bits per heavy atom. The van der Waals surface area contributed by atoms with Gasteiger partial charge < -0.3 is 24.6 Å². The third-order valence-electron chi connectivity index (χ3n) is 5.13. The van der Waals surface area contributed by atoms with Crippen molar-refractivity contribution in [2.75, 3.05) is 44.3 Å². The van der Waals surface area contributed by atoms with E-state index >= 15 is 0 Å². The Morgan fingerprint density at radius 1 is 1.00 bits per heavy atom. The topological polar surface area (TPSA) is 71.1 Å². The highest BCUT2D eigenvalue weighted by atomic mass is 16.5. The molecular weight excluding hydrogens is 370 g/mol. The van der Waals surface area contributed by atoms with Gasteiger partial charge in [-0.1, -0.05) is 42.5 Å². The third kappa shape index (κ3) is 4.68. The van der Waals surface area contributed by atoms with Crippen molar-refractivity contribution < 1.29 is 19.1 Å². The van der Waals surface area contributed by atoms with Crippen molar-refractivity contribution in [1.82, 2.24) is 10.2 Å². The van der Waals surface area contributed by atoms with Gasteiger partial charge in [0.15, 0.2) is 6.10 Å². The lowest BCUT2D eigenvalue weighted by atomic mass is 10.1. The van der Waals surface area contributed by atoms with Gasteiger partial charge in [-0.25, -0.2) is 0 Å². The van der Waals surface area contributed by atoms with Crippen LogP contribution in [-0.4, -0.2) is 62.2 Å². The van der Waals surface area contributed by atoms with Crippen molar-refractivity contribution in [3.05, 3.63) is 60.2 Å². The number of amides is 2. The van der Waals surface area contributed by atoms with E-state index in [-0.39, 0.29) is 18.4 Å². The average molecular weight is 395 g/mol. The van der Waals surface area contributed by atoms with Crippen LogP contribution in [0.4, 0.5) is 5.69 Å². The second-order valence-corrected chi connectivity index (χ2v) is 7.15.